The molecule has 2 nitrogen and oxygen atoms in total. The number of anilines is 4. The lowest BCUT2D eigenvalue weighted by Gasteiger charge is -2.25. The molecule has 2 heteroatoms. The molecular weight excluding hydrogens is 280 g/mol. The van der Waals surface area contributed by atoms with Crippen molar-refractivity contribution in [1.29, 1.82) is 0 Å². The van der Waals surface area contributed by atoms with E-state index in [1.165, 1.54) is 33.9 Å². The molecule has 0 bridgehead atoms. The van der Waals surface area contributed by atoms with E-state index in [-0.39, 0.29) is 0 Å². The van der Waals surface area contributed by atoms with Gasteiger partial charge in [0.05, 0.1) is 11.4 Å². The van der Waals surface area contributed by atoms with Crippen molar-refractivity contribution in [3.8, 4) is 0 Å². The number of nitrogens with zero attached hydrogens (tertiary/aromatic N) is 2. The lowest BCUT2D eigenvalue weighted by Crippen LogP contribution is -2.25. The minimum atomic E-state index is 0.842. The van der Waals surface area contributed by atoms with Crippen LogP contribution in [0.1, 0.15) is 11.1 Å². The molecule has 0 N–H and O–H groups in total. The van der Waals surface area contributed by atoms with Gasteiger partial charge in [0.2, 0.25) is 0 Å². The van der Waals surface area contributed by atoms with Gasteiger partial charge < -0.3 is 9.80 Å². The summed E-state index contributed by atoms with van der Waals surface area (Å²) in [5.41, 5.74) is 7.71. The number of hydrogen-bond acceptors (Lipinski definition) is 2. The van der Waals surface area contributed by atoms with E-state index in [0.717, 1.165) is 6.67 Å². The molecule has 0 unspecified atom stereocenters. The average Bonchev–Trinajstić information content (AvgIpc) is 2.95. The highest BCUT2D eigenvalue weighted by molar-refractivity contribution is 5.88. The van der Waals surface area contributed by atoms with Crippen LogP contribution in [0, 0.1) is 13.8 Å². The first kappa shape index (κ1) is 13.9. The second-order valence-electron chi connectivity index (χ2n) is 6.06. The normalized spacial score (nSPS) is 13.3. The number of aryl methyl sites for hydroxylation is 2. The fourth-order valence-electron chi connectivity index (χ4n) is 3.47. The molecule has 0 saturated carbocycles. The number of para-hydroxylation sites is 4. The maximum atomic E-state index is 2.42. The number of rotatable bonds is 2. The molecule has 114 valence electrons. The summed E-state index contributed by atoms with van der Waals surface area (Å²) in [6.45, 7) is 5.22. The predicted molar refractivity (Wildman–Crippen MR) is 97.9 cm³/mol. The first-order valence-corrected chi connectivity index (χ1v) is 8.01. The Kier molecular flexibility index (Phi) is 3.30. The van der Waals surface area contributed by atoms with Gasteiger partial charge in [-0.05, 0) is 49.2 Å². The summed E-state index contributed by atoms with van der Waals surface area (Å²) in [7, 11) is 0. The van der Waals surface area contributed by atoms with Crippen LogP contribution in [0.25, 0.3) is 0 Å². The fraction of sp³-hybridized carbons (Fsp3) is 0.143. The maximum Gasteiger partial charge on any atom is 0.100 e. The summed E-state index contributed by atoms with van der Waals surface area (Å²) in [6.07, 6.45) is 0. The fourth-order valence-corrected chi connectivity index (χ4v) is 3.47. The number of hydrogen-bond donors (Lipinski definition) is 0. The smallest absolute Gasteiger partial charge is 0.100 e. The van der Waals surface area contributed by atoms with Gasteiger partial charge >= 0.3 is 0 Å². The van der Waals surface area contributed by atoms with Gasteiger partial charge in [-0.15, -0.1) is 0 Å². The Labute approximate surface area is 137 Å². The molecule has 3 aromatic rings. The van der Waals surface area contributed by atoms with Crippen LogP contribution in [-0.2, 0) is 0 Å². The van der Waals surface area contributed by atoms with E-state index in [0.29, 0.717) is 0 Å². The topological polar surface area (TPSA) is 6.48 Å². The molecule has 23 heavy (non-hydrogen) atoms. The van der Waals surface area contributed by atoms with E-state index in [1.807, 2.05) is 0 Å². The molecule has 0 fully saturated rings. The third-order valence-corrected chi connectivity index (χ3v) is 4.52. The Bertz CT molecular complexity index is 819. The largest absolute Gasteiger partial charge is 0.321 e. The Morgan fingerprint density at radius 3 is 1.83 bits per heavy atom. The minimum Gasteiger partial charge on any atom is -0.321 e. The van der Waals surface area contributed by atoms with Crippen molar-refractivity contribution in [3.63, 3.8) is 0 Å². The summed E-state index contributed by atoms with van der Waals surface area (Å²) in [5, 5.41) is 0. The van der Waals surface area contributed by atoms with E-state index < -0.39 is 0 Å². The monoisotopic (exact) mass is 300 g/mol. The highest BCUT2D eigenvalue weighted by Crippen LogP contribution is 2.45. The number of fused-ring (bicyclic) bond motifs is 1. The van der Waals surface area contributed by atoms with Crippen LogP contribution in [0.15, 0.2) is 72.8 Å². The molecule has 0 aliphatic carbocycles. The summed E-state index contributed by atoms with van der Waals surface area (Å²) in [6, 6.07) is 25.8. The Morgan fingerprint density at radius 2 is 1.17 bits per heavy atom. The summed E-state index contributed by atoms with van der Waals surface area (Å²) in [4.78, 5) is 4.80. The van der Waals surface area contributed by atoms with Gasteiger partial charge in [0.1, 0.15) is 6.67 Å². The van der Waals surface area contributed by atoms with Crippen LogP contribution < -0.4 is 9.80 Å². The second kappa shape index (κ2) is 5.47. The molecule has 4 rings (SSSR count). The van der Waals surface area contributed by atoms with Gasteiger partial charge in [-0.25, -0.2) is 0 Å². The van der Waals surface area contributed by atoms with Gasteiger partial charge in [0.15, 0.2) is 0 Å². The molecule has 0 atom stereocenters. The highest BCUT2D eigenvalue weighted by atomic mass is 15.4. The first-order chi connectivity index (χ1) is 11.3. The predicted octanol–water partition coefficient (Wildman–Crippen LogP) is 5.55. The van der Waals surface area contributed by atoms with Crippen molar-refractivity contribution >= 4 is 22.7 Å². The molecule has 1 aliphatic rings. The zero-order chi connectivity index (χ0) is 15.8. The highest BCUT2D eigenvalue weighted by Gasteiger charge is 2.28. The zero-order valence-corrected chi connectivity index (χ0v) is 13.5. The van der Waals surface area contributed by atoms with Crippen LogP contribution in [-0.4, -0.2) is 6.67 Å². The van der Waals surface area contributed by atoms with Gasteiger partial charge in [-0.1, -0.05) is 48.5 Å². The van der Waals surface area contributed by atoms with Crippen molar-refractivity contribution < 1.29 is 0 Å². The molecule has 0 radical (unpaired) electrons. The van der Waals surface area contributed by atoms with Crippen LogP contribution in [0.3, 0.4) is 0 Å². The molecule has 1 heterocycles. The zero-order valence-electron chi connectivity index (χ0n) is 13.5. The van der Waals surface area contributed by atoms with E-state index in [1.54, 1.807) is 0 Å². The summed E-state index contributed by atoms with van der Waals surface area (Å²) < 4.78 is 0. The molecule has 0 amide bonds. The number of benzene rings is 3. The SMILES string of the molecule is Cc1cccc(C)c1N1CN(c2ccccc2)c2ccccc21. The van der Waals surface area contributed by atoms with Crippen molar-refractivity contribution in [1.82, 2.24) is 0 Å². The summed E-state index contributed by atoms with van der Waals surface area (Å²) in [5.74, 6) is 0. The van der Waals surface area contributed by atoms with Crippen molar-refractivity contribution in [2.24, 2.45) is 0 Å². The van der Waals surface area contributed by atoms with Crippen molar-refractivity contribution in [2.75, 3.05) is 16.5 Å². The average molecular weight is 300 g/mol. The Hall–Kier alpha value is -2.74. The van der Waals surface area contributed by atoms with Crippen LogP contribution in [0.4, 0.5) is 22.7 Å². The quantitative estimate of drug-likeness (QED) is 0.612. The lowest BCUT2D eigenvalue weighted by molar-refractivity contribution is 0.980. The van der Waals surface area contributed by atoms with E-state index in [2.05, 4.69) is 96.4 Å². The Morgan fingerprint density at radius 1 is 0.609 bits per heavy atom. The molecule has 0 spiro atoms. The minimum absolute atomic E-state index is 0.842. The molecular formula is C21H20N2. The van der Waals surface area contributed by atoms with Gasteiger partial charge in [-0.2, -0.15) is 0 Å². The second-order valence-corrected chi connectivity index (χ2v) is 6.06. The lowest BCUT2D eigenvalue weighted by atomic mass is 10.1. The molecule has 0 aromatic heterocycles. The Balaban J connectivity index is 1.85. The van der Waals surface area contributed by atoms with E-state index in [9.17, 15) is 0 Å². The third kappa shape index (κ3) is 2.27. The molecule has 0 saturated heterocycles. The summed E-state index contributed by atoms with van der Waals surface area (Å²) >= 11 is 0. The van der Waals surface area contributed by atoms with Gasteiger partial charge in [-0.3, -0.25) is 0 Å². The van der Waals surface area contributed by atoms with E-state index >= 15 is 0 Å². The van der Waals surface area contributed by atoms with E-state index in [4.69, 9.17) is 0 Å². The first-order valence-electron chi connectivity index (χ1n) is 8.01. The van der Waals surface area contributed by atoms with Crippen molar-refractivity contribution in [2.45, 2.75) is 13.8 Å². The molecule has 3 aromatic carbocycles. The third-order valence-electron chi connectivity index (χ3n) is 4.52. The van der Waals surface area contributed by atoms with Crippen LogP contribution >= 0.6 is 0 Å². The van der Waals surface area contributed by atoms with Gasteiger partial charge in [0.25, 0.3) is 0 Å². The standard InChI is InChI=1S/C21H20N2/c1-16-9-8-10-17(2)21(16)23-15-22(18-11-4-3-5-12-18)19-13-6-7-14-20(19)23/h3-14H,15H2,1-2H3. The van der Waals surface area contributed by atoms with Gasteiger partial charge in [0, 0.05) is 11.4 Å². The van der Waals surface area contributed by atoms with Crippen LogP contribution in [0.2, 0.25) is 0 Å². The maximum absolute atomic E-state index is 2.42. The van der Waals surface area contributed by atoms with Crippen LogP contribution in [0.5, 0.6) is 0 Å². The molecule has 1 aliphatic heterocycles. The van der Waals surface area contributed by atoms with Crippen molar-refractivity contribution in [3.05, 3.63) is 83.9 Å².